The molecule has 0 unspecified atom stereocenters. The summed E-state index contributed by atoms with van der Waals surface area (Å²) in [5.41, 5.74) is 6.48. The van der Waals surface area contributed by atoms with Crippen molar-refractivity contribution in [2.75, 3.05) is 40.5 Å². The number of fused-ring (bicyclic) bond motifs is 1. The lowest BCUT2D eigenvalue weighted by Gasteiger charge is -2.32. The number of piperidine rings is 1. The van der Waals surface area contributed by atoms with Gasteiger partial charge in [0.2, 0.25) is 5.88 Å². The van der Waals surface area contributed by atoms with Gasteiger partial charge in [-0.1, -0.05) is 0 Å². The van der Waals surface area contributed by atoms with Crippen molar-refractivity contribution in [1.82, 2.24) is 29.4 Å². The maximum atomic E-state index is 5.81. The van der Waals surface area contributed by atoms with Crippen LogP contribution in [0.2, 0.25) is 0 Å². The third kappa shape index (κ3) is 4.29. The number of methoxy groups -OCH3 is 1. The number of hydrogen-bond acceptors (Lipinski definition) is 6. The van der Waals surface area contributed by atoms with E-state index >= 15 is 0 Å². The molecule has 2 aliphatic heterocycles. The van der Waals surface area contributed by atoms with Crippen LogP contribution < -0.4 is 4.74 Å². The van der Waals surface area contributed by atoms with Gasteiger partial charge in [0.25, 0.3) is 0 Å². The van der Waals surface area contributed by atoms with Gasteiger partial charge in [-0.2, -0.15) is 10.2 Å². The summed E-state index contributed by atoms with van der Waals surface area (Å²) in [4.78, 5) is 6.89. The summed E-state index contributed by atoms with van der Waals surface area (Å²) in [5.74, 6) is 1.30. The van der Waals surface area contributed by atoms with Crippen LogP contribution in [0.5, 0.6) is 5.88 Å². The molecule has 0 N–H and O–H groups in total. The van der Waals surface area contributed by atoms with E-state index in [1.165, 1.54) is 24.1 Å². The molecule has 1 atom stereocenters. The van der Waals surface area contributed by atoms with Crippen molar-refractivity contribution in [3.05, 3.63) is 41.5 Å². The summed E-state index contributed by atoms with van der Waals surface area (Å²) in [6, 6.07) is 2.46. The number of hydrogen-bond donors (Lipinski definition) is 0. The maximum absolute atomic E-state index is 5.81. The Hall–Kier alpha value is -2.71. The molecule has 5 rings (SSSR count). The molecular weight excluding hydrogens is 416 g/mol. The van der Waals surface area contributed by atoms with Crippen LogP contribution in [0.3, 0.4) is 0 Å². The number of nitrogens with zero attached hydrogens (tertiary/aromatic N) is 6. The molecule has 33 heavy (non-hydrogen) atoms. The smallest absolute Gasteiger partial charge is 0.216 e. The molecule has 3 aromatic heterocycles. The first kappa shape index (κ1) is 22.1. The number of likely N-dealkylation sites (tertiary alicyclic amines) is 1. The van der Waals surface area contributed by atoms with E-state index in [0.717, 1.165) is 48.4 Å². The summed E-state index contributed by atoms with van der Waals surface area (Å²) in [6.07, 6.45) is 10.1. The molecular formula is C25H34N6O2. The standard InChI is InChI=1S/C25H34N6O2/c1-17-13-21(15-26-25(17)32-4)31-23-8-12-33-11-7-22(23)24(28-31)20-14-27-30(16-20)18(2)19-5-9-29(3)10-6-19/h13-16,18-19H,5-12H2,1-4H3/t18-/m0/s1. The predicted molar refractivity (Wildman–Crippen MR) is 127 cm³/mol. The summed E-state index contributed by atoms with van der Waals surface area (Å²) in [6.45, 7) is 8.05. The second-order valence-corrected chi connectivity index (χ2v) is 9.41. The van der Waals surface area contributed by atoms with Crippen LogP contribution in [0.4, 0.5) is 0 Å². The highest BCUT2D eigenvalue weighted by Crippen LogP contribution is 2.33. The Bertz CT molecular complexity index is 1110. The molecule has 0 saturated carbocycles. The molecule has 176 valence electrons. The molecule has 1 saturated heterocycles. The van der Waals surface area contributed by atoms with Gasteiger partial charge in [-0.15, -0.1) is 0 Å². The first-order valence-electron chi connectivity index (χ1n) is 12.0. The van der Waals surface area contributed by atoms with E-state index in [-0.39, 0.29) is 0 Å². The number of aryl methyl sites for hydroxylation is 1. The Morgan fingerprint density at radius 1 is 1.15 bits per heavy atom. The van der Waals surface area contributed by atoms with Crippen LogP contribution in [0, 0.1) is 12.8 Å². The van der Waals surface area contributed by atoms with Crippen LogP contribution >= 0.6 is 0 Å². The molecule has 2 aliphatic rings. The fourth-order valence-corrected chi connectivity index (χ4v) is 5.18. The highest BCUT2D eigenvalue weighted by molar-refractivity contribution is 5.64. The fraction of sp³-hybridized carbons (Fsp3) is 0.560. The van der Waals surface area contributed by atoms with Crippen molar-refractivity contribution in [3.63, 3.8) is 0 Å². The molecule has 0 bridgehead atoms. The molecule has 1 fully saturated rings. The monoisotopic (exact) mass is 450 g/mol. The minimum absolute atomic E-state index is 0.380. The van der Waals surface area contributed by atoms with Crippen LogP contribution in [-0.4, -0.2) is 69.9 Å². The Kier molecular flexibility index (Phi) is 6.21. The van der Waals surface area contributed by atoms with E-state index in [2.05, 4.69) is 40.8 Å². The molecule has 5 heterocycles. The van der Waals surface area contributed by atoms with E-state index < -0.39 is 0 Å². The van der Waals surface area contributed by atoms with Gasteiger partial charge in [0, 0.05) is 29.3 Å². The average molecular weight is 451 g/mol. The lowest BCUT2D eigenvalue weighted by Crippen LogP contribution is -2.33. The fourth-order valence-electron chi connectivity index (χ4n) is 5.18. The van der Waals surface area contributed by atoms with Crippen molar-refractivity contribution in [2.45, 2.75) is 45.6 Å². The van der Waals surface area contributed by atoms with Gasteiger partial charge in [-0.3, -0.25) is 4.68 Å². The molecule has 0 radical (unpaired) electrons. The van der Waals surface area contributed by atoms with E-state index in [1.807, 2.05) is 24.0 Å². The zero-order valence-corrected chi connectivity index (χ0v) is 20.1. The van der Waals surface area contributed by atoms with Gasteiger partial charge in [0.05, 0.1) is 55.8 Å². The van der Waals surface area contributed by atoms with E-state index in [9.17, 15) is 0 Å². The van der Waals surface area contributed by atoms with Gasteiger partial charge in [0.1, 0.15) is 0 Å². The number of aromatic nitrogens is 5. The zero-order valence-electron chi connectivity index (χ0n) is 20.1. The zero-order chi connectivity index (χ0) is 22.9. The van der Waals surface area contributed by atoms with Gasteiger partial charge < -0.3 is 14.4 Å². The molecule has 8 heteroatoms. The second-order valence-electron chi connectivity index (χ2n) is 9.41. The summed E-state index contributed by atoms with van der Waals surface area (Å²) in [5, 5.41) is 9.86. The van der Waals surface area contributed by atoms with Gasteiger partial charge in [0.15, 0.2) is 0 Å². The van der Waals surface area contributed by atoms with Crippen LogP contribution in [0.1, 0.15) is 42.6 Å². The first-order chi connectivity index (χ1) is 16.0. The topological polar surface area (TPSA) is 70.2 Å². The predicted octanol–water partition coefficient (Wildman–Crippen LogP) is 3.47. The molecule has 0 aromatic carbocycles. The maximum Gasteiger partial charge on any atom is 0.216 e. The Balaban J connectivity index is 1.49. The third-order valence-corrected chi connectivity index (χ3v) is 7.26. The molecule has 8 nitrogen and oxygen atoms in total. The van der Waals surface area contributed by atoms with Crippen LogP contribution in [0.15, 0.2) is 24.7 Å². The Morgan fingerprint density at radius 3 is 2.70 bits per heavy atom. The quantitative estimate of drug-likeness (QED) is 0.593. The largest absolute Gasteiger partial charge is 0.481 e. The highest BCUT2D eigenvalue weighted by atomic mass is 16.5. The van der Waals surface area contributed by atoms with Crippen molar-refractivity contribution >= 4 is 0 Å². The van der Waals surface area contributed by atoms with Crippen molar-refractivity contribution in [3.8, 4) is 22.8 Å². The van der Waals surface area contributed by atoms with Gasteiger partial charge >= 0.3 is 0 Å². The Labute approximate surface area is 195 Å². The van der Waals surface area contributed by atoms with Crippen molar-refractivity contribution < 1.29 is 9.47 Å². The van der Waals surface area contributed by atoms with Gasteiger partial charge in [-0.25, -0.2) is 9.67 Å². The minimum Gasteiger partial charge on any atom is -0.481 e. The summed E-state index contributed by atoms with van der Waals surface area (Å²) < 4.78 is 15.3. The number of pyridine rings is 1. The van der Waals surface area contributed by atoms with Crippen molar-refractivity contribution in [1.29, 1.82) is 0 Å². The Morgan fingerprint density at radius 2 is 1.94 bits per heavy atom. The first-order valence-corrected chi connectivity index (χ1v) is 12.0. The van der Waals surface area contributed by atoms with Crippen LogP contribution in [0.25, 0.3) is 16.9 Å². The van der Waals surface area contributed by atoms with Crippen LogP contribution in [-0.2, 0) is 17.6 Å². The molecule has 3 aromatic rings. The lowest BCUT2D eigenvalue weighted by molar-refractivity contribution is 0.145. The minimum atomic E-state index is 0.380. The van der Waals surface area contributed by atoms with Crippen molar-refractivity contribution in [2.24, 2.45) is 5.92 Å². The molecule has 0 spiro atoms. The van der Waals surface area contributed by atoms with E-state index in [0.29, 0.717) is 31.1 Å². The highest BCUT2D eigenvalue weighted by Gasteiger charge is 2.26. The third-order valence-electron chi connectivity index (χ3n) is 7.26. The van der Waals surface area contributed by atoms with E-state index in [4.69, 9.17) is 19.7 Å². The molecule has 0 aliphatic carbocycles. The molecule has 0 amide bonds. The summed E-state index contributed by atoms with van der Waals surface area (Å²) >= 11 is 0. The SMILES string of the molecule is COc1ncc(-n2nc(-c3cnn([C@@H](C)C4CCN(C)CC4)c3)c3c2CCOCC3)cc1C. The number of rotatable bonds is 5. The summed E-state index contributed by atoms with van der Waals surface area (Å²) in [7, 11) is 3.85. The second kappa shape index (κ2) is 9.27. The number of ether oxygens (including phenoxy) is 2. The van der Waals surface area contributed by atoms with Gasteiger partial charge in [-0.05, 0) is 65.2 Å². The normalized spacial score (nSPS) is 18.7. The lowest BCUT2D eigenvalue weighted by atomic mass is 9.90. The van der Waals surface area contributed by atoms with E-state index in [1.54, 1.807) is 7.11 Å². The average Bonchev–Trinajstić information content (AvgIpc) is 3.37.